The number of aliphatic carboxylic acids is 1. The molecule has 1 N–H and O–H groups in total. The lowest BCUT2D eigenvalue weighted by Gasteiger charge is -2.18. The number of rotatable bonds is 6. The maximum atomic E-state index is 10.7. The van der Waals surface area contributed by atoms with Gasteiger partial charge in [0.15, 0.2) is 0 Å². The van der Waals surface area contributed by atoms with Gasteiger partial charge in [0.1, 0.15) is 17.6 Å². The van der Waals surface area contributed by atoms with Crippen molar-refractivity contribution in [1.82, 2.24) is 4.90 Å². The van der Waals surface area contributed by atoms with E-state index in [9.17, 15) is 4.79 Å². The topological polar surface area (TPSA) is 59.0 Å². The van der Waals surface area contributed by atoms with Crippen LogP contribution < -0.4 is 9.47 Å². The second kappa shape index (κ2) is 6.13. The lowest BCUT2D eigenvalue weighted by Crippen LogP contribution is -2.25. The van der Waals surface area contributed by atoms with Gasteiger partial charge in [0, 0.05) is 24.1 Å². The first-order valence-electron chi connectivity index (χ1n) is 6.85. The molecule has 1 heterocycles. The van der Waals surface area contributed by atoms with Crippen molar-refractivity contribution in [3.05, 3.63) is 23.3 Å². The summed E-state index contributed by atoms with van der Waals surface area (Å²) in [6, 6.07) is 3.99. The lowest BCUT2D eigenvalue weighted by molar-refractivity contribution is -0.138. The number of carboxylic acid groups (broad SMARTS) is 1. The van der Waals surface area contributed by atoms with Crippen LogP contribution in [-0.4, -0.2) is 42.3 Å². The van der Waals surface area contributed by atoms with Crippen LogP contribution in [0.5, 0.6) is 11.5 Å². The van der Waals surface area contributed by atoms with Crippen LogP contribution in [0.25, 0.3) is 0 Å². The van der Waals surface area contributed by atoms with E-state index in [4.69, 9.17) is 14.6 Å². The SMILES string of the molecule is CCOc1cc2c(cc1CN(C)CC(=O)O)O[C@H](C)C2. The summed E-state index contributed by atoms with van der Waals surface area (Å²) in [5, 5.41) is 8.83. The Morgan fingerprint density at radius 2 is 2.30 bits per heavy atom. The van der Waals surface area contributed by atoms with Crippen molar-refractivity contribution in [2.75, 3.05) is 20.2 Å². The Morgan fingerprint density at radius 3 is 2.95 bits per heavy atom. The van der Waals surface area contributed by atoms with Crippen LogP contribution in [0.2, 0.25) is 0 Å². The summed E-state index contributed by atoms with van der Waals surface area (Å²) in [5.74, 6) is 0.873. The van der Waals surface area contributed by atoms with Crippen molar-refractivity contribution in [3.63, 3.8) is 0 Å². The van der Waals surface area contributed by atoms with Crippen LogP contribution in [0, 0.1) is 0 Å². The van der Waals surface area contributed by atoms with E-state index < -0.39 is 5.97 Å². The van der Waals surface area contributed by atoms with Gasteiger partial charge in [-0.25, -0.2) is 0 Å². The quantitative estimate of drug-likeness (QED) is 0.862. The Hall–Kier alpha value is -1.75. The normalized spacial score (nSPS) is 16.9. The maximum absolute atomic E-state index is 10.7. The highest BCUT2D eigenvalue weighted by molar-refractivity contribution is 5.69. The van der Waals surface area contributed by atoms with Crippen molar-refractivity contribution < 1.29 is 19.4 Å². The summed E-state index contributed by atoms with van der Waals surface area (Å²) in [5.41, 5.74) is 2.12. The number of likely N-dealkylation sites (N-methyl/N-ethyl adjacent to an activating group) is 1. The van der Waals surface area contributed by atoms with Crippen molar-refractivity contribution in [2.24, 2.45) is 0 Å². The largest absolute Gasteiger partial charge is 0.494 e. The van der Waals surface area contributed by atoms with E-state index in [0.717, 1.165) is 29.0 Å². The van der Waals surface area contributed by atoms with E-state index in [1.54, 1.807) is 11.9 Å². The third kappa shape index (κ3) is 3.42. The van der Waals surface area contributed by atoms with Crippen LogP contribution in [-0.2, 0) is 17.8 Å². The Bertz CT molecular complexity index is 501. The van der Waals surface area contributed by atoms with E-state index in [1.165, 1.54) is 0 Å². The number of carboxylic acids is 1. The second-order valence-corrected chi connectivity index (χ2v) is 5.20. The molecule has 110 valence electrons. The molecule has 1 aromatic rings. The zero-order valence-corrected chi connectivity index (χ0v) is 12.2. The Morgan fingerprint density at radius 1 is 1.55 bits per heavy atom. The standard InChI is InChI=1S/C15H21NO4/c1-4-19-13-6-11-5-10(2)20-14(11)7-12(13)8-16(3)9-15(17)18/h6-7,10H,4-5,8-9H2,1-3H3,(H,17,18)/t10-/m1/s1. The van der Waals surface area contributed by atoms with Crippen molar-refractivity contribution >= 4 is 5.97 Å². The van der Waals surface area contributed by atoms with E-state index in [2.05, 4.69) is 0 Å². The van der Waals surface area contributed by atoms with Gasteiger partial charge in [-0.15, -0.1) is 0 Å². The molecule has 1 atom stereocenters. The predicted molar refractivity (Wildman–Crippen MR) is 75.4 cm³/mol. The van der Waals surface area contributed by atoms with E-state index >= 15 is 0 Å². The molecular weight excluding hydrogens is 258 g/mol. The molecule has 0 radical (unpaired) electrons. The first kappa shape index (κ1) is 14.7. The molecule has 0 saturated heterocycles. The van der Waals surface area contributed by atoms with Crippen molar-refractivity contribution in [3.8, 4) is 11.5 Å². The third-order valence-electron chi connectivity index (χ3n) is 3.22. The van der Waals surface area contributed by atoms with Crippen molar-refractivity contribution in [2.45, 2.75) is 32.9 Å². The smallest absolute Gasteiger partial charge is 0.317 e. The molecule has 0 unspecified atom stereocenters. The molecule has 0 fully saturated rings. The average molecular weight is 279 g/mol. The van der Waals surface area contributed by atoms with E-state index in [-0.39, 0.29) is 12.6 Å². The molecule has 1 aromatic carbocycles. The second-order valence-electron chi connectivity index (χ2n) is 5.20. The Labute approximate surface area is 119 Å². The number of nitrogens with zero attached hydrogens (tertiary/aromatic N) is 1. The van der Waals surface area contributed by atoms with Gasteiger partial charge in [-0.3, -0.25) is 9.69 Å². The van der Waals surface area contributed by atoms with Crippen molar-refractivity contribution in [1.29, 1.82) is 0 Å². The molecule has 5 heteroatoms. The number of carbonyl (C=O) groups is 1. The number of hydrogen-bond acceptors (Lipinski definition) is 4. The van der Waals surface area contributed by atoms with Gasteiger partial charge in [-0.2, -0.15) is 0 Å². The summed E-state index contributed by atoms with van der Waals surface area (Å²) < 4.78 is 11.4. The van der Waals surface area contributed by atoms with Gasteiger partial charge in [0.2, 0.25) is 0 Å². The minimum Gasteiger partial charge on any atom is -0.494 e. The fourth-order valence-electron chi connectivity index (χ4n) is 2.47. The van der Waals surface area contributed by atoms with Gasteiger partial charge in [0.25, 0.3) is 0 Å². The van der Waals surface area contributed by atoms with Gasteiger partial charge < -0.3 is 14.6 Å². The molecule has 0 aromatic heterocycles. The van der Waals surface area contributed by atoms with Gasteiger partial charge in [-0.1, -0.05) is 0 Å². The molecule has 5 nitrogen and oxygen atoms in total. The number of ether oxygens (including phenoxy) is 2. The van der Waals surface area contributed by atoms with Gasteiger partial charge >= 0.3 is 5.97 Å². The minimum atomic E-state index is -0.837. The highest BCUT2D eigenvalue weighted by Gasteiger charge is 2.22. The molecular formula is C15H21NO4. The Kier molecular flexibility index (Phi) is 4.49. The lowest BCUT2D eigenvalue weighted by atomic mass is 10.1. The van der Waals surface area contributed by atoms with Gasteiger partial charge in [0.05, 0.1) is 13.2 Å². The highest BCUT2D eigenvalue weighted by atomic mass is 16.5. The molecule has 0 aliphatic carbocycles. The zero-order chi connectivity index (χ0) is 14.7. The summed E-state index contributed by atoms with van der Waals surface area (Å²) in [7, 11) is 1.78. The highest BCUT2D eigenvalue weighted by Crippen LogP contribution is 2.35. The summed E-state index contributed by atoms with van der Waals surface area (Å²) in [6.45, 7) is 5.09. The fraction of sp³-hybridized carbons (Fsp3) is 0.533. The average Bonchev–Trinajstić information content (AvgIpc) is 2.68. The number of benzene rings is 1. The molecule has 20 heavy (non-hydrogen) atoms. The monoisotopic (exact) mass is 279 g/mol. The minimum absolute atomic E-state index is 0.0000896. The number of hydrogen-bond donors (Lipinski definition) is 1. The van der Waals surface area contributed by atoms with Crippen LogP contribution in [0.4, 0.5) is 0 Å². The van der Waals surface area contributed by atoms with Gasteiger partial charge in [-0.05, 0) is 33.0 Å². The first-order chi connectivity index (χ1) is 9.49. The first-order valence-corrected chi connectivity index (χ1v) is 6.85. The summed E-state index contributed by atoms with van der Waals surface area (Å²) in [6.07, 6.45) is 1.08. The third-order valence-corrected chi connectivity index (χ3v) is 3.22. The Balaban J connectivity index is 2.22. The molecule has 0 spiro atoms. The molecule has 0 amide bonds. The van der Waals surface area contributed by atoms with Crippen LogP contribution in [0.15, 0.2) is 12.1 Å². The molecule has 0 bridgehead atoms. The van der Waals surface area contributed by atoms with E-state index in [0.29, 0.717) is 13.2 Å². The molecule has 0 saturated carbocycles. The van der Waals surface area contributed by atoms with Crippen LogP contribution in [0.1, 0.15) is 25.0 Å². The fourth-order valence-corrected chi connectivity index (χ4v) is 2.47. The predicted octanol–water partition coefficient (Wildman–Crippen LogP) is 1.93. The molecule has 2 rings (SSSR count). The summed E-state index contributed by atoms with van der Waals surface area (Å²) >= 11 is 0. The van der Waals surface area contributed by atoms with E-state index in [1.807, 2.05) is 26.0 Å². The summed E-state index contributed by atoms with van der Waals surface area (Å²) in [4.78, 5) is 12.5. The molecule has 1 aliphatic heterocycles. The zero-order valence-electron chi connectivity index (χ0n) is 12.2. The van der Waals surface area contributed by atoms with Crippen LogP contribution >= 0.6 is 0 Å². The number of fused-ring (bicyclic) bond motifs is 1. The van der Waals surface area contributed by atoms with Crippen LogP contribution in [0.3, 0.4) is 0 Å². The molecule has 1 aliphatic rings. The maximum Gasteiger partial charge on any atom is 0.317 e.